The molecule has 1 aliphatic heterocycles. The fraction of sp³-hybridized carbons (Fsp3) is 0.667. The lowest BCUT2D eigenvalue weighted by molar-refractivity contribution is 0.185. The highest BCUT2D eigenvalue weighted by Gasteiger charge is 2.39. The third-order valence-corrected chi connectivity index (χ3v) is 5.88. The van der Waals surface area contributed by atoms with Crippen LogP contribution in [-0.4, -0.2) is 49.3 Å². The summed E-state index contributed by atoms with van der Waals surface area (Å²) in [6.07, 6.45) is 7.50. The number of ether oxygens (including phenoxy) is 1. The second-order valence-electron chi connectivity index (χ2n) is 7.72. The summed E-state index contributed by atoms with van der Waals surface area (Å²) in [4.78, 5) is 7.14. The summed E-state index contributed by atoms with van der Waals surface area (Å²) in [6.45, 7) is 5.48. The Hall–Kier alpha value is -1.75. The van der Waals surface area contributed by atoms with Crippen LogP contribution in [0.3, 0.4) is 0 Å². The standard InChI is InChI=1S/C21H33N3O2/c1-3-22-20(24-13-12-21(16-24)10-5-4-6-11-21)23-15-19(25)17-8-7-9-18(14-17)26-2/h7-9,14,19,25H,3-6,10-13,15-16H2,1-2H3,(H,22,23). The molecule has 1 heterocycles. The van der Waals surface area contributed by atoms with E-state index in [0.717, 1.165) is 36.9 Å². The molecule has 2 fully saturated rings. The molecule has 2 N–H and O–H groups in total. The maximum absolute atomic E-state index is 10.5. The van der Waals surface area contributed by atoms with Gasteiger partial charge in [-0.05, 0) is 49.3 Å². The highest BCUT2D eigenvalue weighted by atomic mass is 16.5. The molecule has 5 heteroatoms. The van der Waals surface area contributed by atoms with Crippen LogP contribution in [0, 0.1) is 5.41 Å². The summed E-state index contributed by atoms with van der Waals surface area (Å²) >= 11 is 0. The lowest BCUT2D eigenvalue weighted by Crippen LogP contribution is -2.41. The highest BCUT2D eigenvalue weighted by Crippen LogP contribution is 2.43. The molecule has 1 saturated heterocycles. The van der Waals surface area contributed by atoms with Crippen LogP contribution in [0.15, 0.2) is 29.3 Å². The minimum Gasteiger partial charge on any atom is -0.497 e. The van der Waals surface area contributed by atoms with Gasteiger partial charge >= 0.3 is 0 Å². The van der Waals surface area contributed by atoms with Crippen molar-refractivity contribution in [3.63, 3.8) is 0 Å². The van der Waals surface area contributed by atoms with E-state index in [1.54, 1.807) is 7.11 Å². The number of aliphatic imine (C=N–C) groups is 1. The molecule has 0 bridgehead atoms. The minimum absolute atomic E-state index is 0.360. The minimum atomic E-state index is -0.620. The van der Waals surface area contributed by atoms with Gasteiger partial charge in [-0.2, -0.15) is 0 Å². The van der Waals surface area contributed by atoms with Crippen molar-refractivity contribution in [2.45, 2.75) is 51.6 Å². The Morgan fingerprint density at radius 2 is 2.12 bits per heavy atom. The third kappa shape index (κ3) is 4.50. The first-order valence-electron chi connectivity index (χ1n) is 10.0. The molecule has 1 saturated carbocycles. The lowest BCUT2D eigenvalue weighted by atomic mass is 9.73. The van der Waals surface area contributed by atoms with E-state index in [0.29, 0.717) is 12.0 Å². The summed E-state index contributed by atoms with van der Waals surface area (Å²) < 4.78 is 5.25. The number of methoxy groups -OCH3 is 1. The predicted octanol–water partition coefficient (Wildman–Crippen LogP) is 3.35. The van der Waals surface area contributed by atoms with Crippen molar-refractivity contribution in [3.8, 4) is 5.75 Å². The van der Waals surface area contributed by atoms with Crippen LogP contribution in [0.1, 0.15) is 57.1 Å². The number of rotatable bonds is 5. The Labute approximate surface area is 157 Å². The summed E-state index contributed by atoms with van der Waals surface area (Å²) in [6, 6.07) is 7.58. The molecule has 1 aliphatic carbocycles. The molecule has 1 aromatic carbocycles. The highest BCUT2D eigenvalue weighted by molar-refractivity contribution is 5.80. The molecule has 1 unspecified atom stereocenters. The molecule has 144 valence electrons. The van der Waals surface area contributed by atoms with Crippen LogP contribution in [0.25, 0.3) is 0 Å². The zero-order valence-corrected chi connectivity index (χ0v) is 16.2. The van der Waals surface area contributed by atoms with Crippen molar-refractivity contribution in [2.24, 2.45) is 10.4 Å². The summed E-state index contributed by atoms with van der Waals surface area (Å²) in [5.74, 6) is 1.70. The number of hydrogen-bond donors (Lipinski definition) is 2. The number of nitrogens with one attached hydrogen (secondary N) is 1. The lowest BCUT2D eigenvalue weighted by Gasteiger charge is -2.33. The molecular weight excluding hydrogens is 326 g/mol. The van der Waals surface area contributed by atoms with Gasteiger partial charge in [-0.15, -0.1) is 0 Å². The van der Waals surface area contributed by atoms with E-state index >= 15 is 0 Å². The number of nitrogens with zero attached hydrogens (tertiary/aromatic N) is 2. The van der Waals surface area contributed by atoms with Crippen LogP contribution in [0.5, 0.6) is 5.75 Å². The van der Waals surface area contributed by atoms with E-state index in [1.807, 2.05) is 24.3 Å². The maximum atomic E-state index is 10.5. The van der Waals surface area contributed by atoms with E-state index in [2.05, 4.69) is 17.1 Å². The number of likely N-dealkylation sites (tertiary alicyclic amines) is 1. The van der Waals surface area contributed by atoms with Crippen molar-refractivity contribution in [3.05, 3.63) is 29.8 Å². The average molecular weight is 360 g/mol. The van der Waals surface area contributed by atoms with Crippen molar-refractivity contribution in [1.82, 2.24) is 10.2 Å². The molecule has 5 nitrogen and oxygen atoms in total. The summed E-state index contributed by atoms with van der Waals surface area (Å²) in [5.41, 5.74) is 1.34. The molecule has 26 heavy (non-hydrogen) atoms. The van der Waals surface area contributed by atoms with Gasteiger partial charge in [-0.1, -0.05) is 31.4 Å². The Kier molecular flexibility index (Phi) is 6.41. The van der Waals surface area contributed by atoms with Gasteiger partial charge in [0, 0.05) is 19.6 Å². The fourth-order valence-corrected chi connectivity index (χ4v) is 4.38. The van der Waals surface area contributed by atoms with E-state index in [4.69, 9.17) is 9.73 Å². The van der Waals surface area contributed by atoms with Crippen molar-refractivity contribution >= 4 is 5.96 Å². The average Bonchev–Trinajstić information content (AvgIpc) is 3.08. The number of benzene rings is 1. The Morgan fingerprint density at radius 3 is 2.85 bits per heavy atom. The van der Waals surface area contributed by atoms with E-state index in [9.17, 15) is 5.11 Å². The summed E-state index contributed by atoms with van der Waals surface area (Å²) in [7, 11) is 1.64. The van der Waals surface area contributed by atoms with Gasteiger partial charge in [0.25, 0.3) is 0 Å². The number of guanidine groups is 1. The third-order valence-electron chi connectivity index (χ3n) is 5.88. The number of aliphatic hydroxyl groups excluding tert-OH is 1. The monoisotopic (exact) mass is 359 g/mol. The first kappa shape index (κ1) is 19.0. The fourth-order valence-electron chi connectivity index (χ4n) is 4.38. The van der Waals surface area contributed by atoms with E-state index < -0.39 is 6.10 Å². The van der Waals surface area contributed by atoms with Crippen LogP contribution < -0.4 is 10.1 Å². The van der Waals surface area contributed by atoms with Gasteiger partial charge in [-0.25, -0.2) is 0 Å². The van der Waals surface area contributed by atoms with Crippen LogP contribution in [0.2, 0.25) is 0 Å². The maximum Gasteiger partial charge on any atom is 0.194 e. The molecule has 3 rings (SSSR count). The Bertz CT molecular complexity index is 611. The summed E-state index contributed by atoms with van der Waals surface area (Å²) in [5, 5.41) is 13.9. The topological polar surface area (TPSA) is 57.1 Å². The Balaban J connectivity index is 1.65. The number of hydrogen-bond acceptors (Lipinski definition) is 3. The van der Waals surface area contributed by atoms with Gasteiger partial charge in [0.15, 0.2) is 5.96 Å². The normalized spacial score (nSPS) is 21.0. The molecule has 2 aliphatic rings. The van der Waals surface area contributed by atoms with Crippen LogP contribution in [0.4, 0.5) is 0 Å². The van der Waals surface area contributed by atoms with Crippen LogP contribution >= 0.6 is 0 Å². The van der Waals surface area contributed by atoms with E-state index in [1.165, 1.54) is 38.5 Å². The van der Waals surface area contributed by atoms with Crippen molar-refractivity contribution in [1.29, 1.82) is 0 Å². The molecule has 1 atom stereocenters. The van der Waals surface area contributed by atoms with Gasteiger partial charge in [-0.3, -0.25) is 4.99 Å². The first-order valence-corrected chi connectivity index (χ1v) is 10.0. The van der Waals surface area contributed by atoms with Crippen molar-refractivity contribution in [2.75, 3.05) is 33.3 Å². The molecule has 1 aromatic rings. The SMILES string of the molecule is CCNC(=NCC(O)c1cccc(OC)c1)N1CCC2(CCCCC2)C1. The zero-order valence-electron chi connectivity index (χ0n) is 16.2. The van der Waals surface area contributed by atoms with Gasteiger partial charge < -0.3 is 20.1 Å². The Morgan fingerprint density at radius 1 is 1.31 bits per heavy atom. The van der Waals surface area contributed by atoms with Gasteiger partial charge in [0.05, 0.1) is 19.8 Å². The predicted molar refractivity (Wildman–Crippen MR) is 106 cm³/mol. The molecule has 0 radical (unpaired) electrons. The van der Waals surface area contributed by atoms with E-state index in [-0.39, 0.29) is 0 Å². The molecule has 1 spiro atoms. The second-order valence-corrected chi connectivity index (χ2v) is 7.72. The van der Waals surface area contributed by atoms with Crippen molar-refractivity contribution < 1.29 is 9.84 Å². The van der Waals surface area contributed by atoms with Gasteiger partial charge in [0.2, 0.25) is 0 Å². The number of aliphatic hydroxyl groups is 1. The van der Waals surface area contributed by atoms with Crippen LogP contribution in [-0.2, 0) is 0 Å². The molecular formula is C21H33N3O2. The smallest absolute Gasteiger partial charge is 0.194 e. The largest absolute Gasteiger partial charge is 0.497 e. The quantitative estimate of drug-likeness (QED) is 0.625. The first-order chi connectivity index (χ1) is 12.7. The molecule has 0 amide bonds. The van der Waals surface area contributed by atoms with Gasteiger partial charge in [0.1, 0.15) is 5.75 Å². The second kappa shape index (κ2) is 8.76. The molecule has 0 aromatic heterocycles. The zero-order chi connectivity index (χ0) is 18.4.